The largest absolute Gasteiger partial charge is 0.508 e. The third-order valence-electron chi connectivity index (χ3n) is 2.85. The molecular formula is C15H12FNO4. The molecule has 0 spiro atoms. The van der Waals surface area contributed by atoms with Crippen molar-refractivity contribution in [2.24, 2.45) is 0 Å². The van der Waals surface area contributed by atoms with Gasteiger partial charge >= 0.3 is 5.97 Å². The van der Waals surface area contributed by atoms with Gasteiger partial charge in [0.1, 0.15) is 11.6 Å². The van der Waals surface area contributed by atoms with Crippen LogP contribution in [-0.4, -0.2) is 22.1 Å². The lowest BCUT2D eigenvalue weighted by Crippen LogP contribution is -2.23. The predicted molar refractivity (Wildman–Crippen MR) is 72.6 cm³/mol. The molecule has 108 valence electrons. The number of carbonyl (C=O) groups excluding carboxylic acids is 1. The minimum atomic E-state index is -1.03. The van der Waals surface area contributed by atoms with Gasteiger partial charge < -0.3 is 15.5 Å². The molecule has 0 atom stereocenters. The number of aromatic hydroxyl groups is 1. The number of carboxylic acid groups (broad SMARTS) is 1. The molecule has 0 aliphatic heterocycles. The molecule has 6 heteroatoms. The van der Waals surface area contributed by atoms with Crippen molar-refractivity contribution >= 4 is 11.9 Å². The summed E-state index contributed by atoms with van der Waals surface area (Å²) < 4.78 is 13.5. The molecular weight excluding hydrogens is 277 g/mol. The number of rotatable bonds is 4. The summed E-state index contributed by atoms with van der Waals surface area (Å²) in [5, 5.41) is 20.4. The summed E-state index contributed by atoms with van der Waals surface area (Å²) in [6.45, 7) is 0.138. The number of phenols is 1. The van der Waals surface area contributed by atoms with Crippen LogP contribution in [0.5, 0.6) is 5.75 Å². The Kier molecular flexibility index (Phi) is 4.18. The van der Waals surface area contributed by atoms with Crippen LogP contribution in [0.25, 0.3) is 0 Å². The molecule has 0 aromatic heterocycles. The number of carbonyl (C=O) groups is 2. The predicted octanol–water partition coefficient (Wildman–Crippen LogP) is 2.16. The number of hydrogen-bond acceptors (Lipinski definition) is 3. The Hall–Kier alpha value is -2.89. The minimum Gasteiger partial charge on any atom is -0.508 e. The maximum atomic E-state index is 13.5. The molecule has 0 bridgehead atoms. The van der Waals surface area contributed by atoms with Gasteiger partial charge in [-0.1, -0.05) is 12.1 Å². The van der Waals surface area contributed by atoms with Crippen LogP contribution >= 0.6 is 0 Å². The molecule has 2 aromatic carbocycles. The van der Waals surface area contributed by atoms with Crippen molar-refractivity contribution in [2.45, 2.75) is 6.54 Å². The van der Waals surface area contributed by atoms with Crippen LogP contribution in [0.1, 0.15) is 26.3 Å². The van der Waals surface area contributed by atoms with E-state index in [4.69, 9.17) is 10.2 Å². The van der Waals surface area contributed by atoms with Gasteiger partial charge in [-0.15, -0.1) is 0 Å². The standard InChI is InChI=1S/C15H12FNO4/c16-13-7-11(18)5-6-12(13)14(19)17-8-9-1-3-10(4-2-9)15(20)21/h1-7,18H,8H2,(H,17,19)(H,20,21). The highest BCUT2D eigenvalue weighted by molar-refractivity contribution is 5.94. The van der Waals surface area contributed by atoms with Crippen LogP contribution in [0.4, 0.5) is 4.39 Å². The lowest BCUT2D eigenvalue weighted by Gasteiger charge is -2.07. The smallest absolute Gasteiger partial charge is 0.335 e. The van der Waals surface area contributed by atoms with Gasteiger partial charge in [0.2, 0.25) is 0 Å². The third kappa shape index (κ3) is 3.56. The molecule has 0 aliphatic rings. The Balaban J connectivity index is 2.02. The number of carboxylic acids is 1. The fraction of sp³-hybridized carbons (Fsp3) is 0.0667. The molecule has 21 heavy (non-hydrogen) atoms. The summed E-state index contributed by atoms with van der Waals surface area (Å²) in [6.07, 6.45) is 0. The Labute approximate surface area is 119 Å². The van der Waals surface area contributed by atoms with Gasteiger partial charge in [0.25, 0.3) is 5.91 Å². The van der Waals surface area contributed by atoms with Crippen LogP contribution < -0.4 is 5.32 Å². The van der Waals surface area contributed by atoms with Gasteiger partial charge in [0, 0.05) is 12.6 Å². The highest BCUT2D eigenvalue weighted by Crippen LogP contribution is 2.15. The van der Waals surface area contributed by atoms with Gasteiger partial charge in [-0.3, -0.25) is 4.79 Å². The first-order chi connectivity index (χ1) is 9.97. The van der Waals surface area contributed by atoms with Crippen molar-refractivity contribution < 1.29 is 24.2 Å². The summed E-state index contributed by atoms with van der Waals surface area (Å²) >= 11 is 0. The molecule has 0 heterocycles. The van der Waals surface area contributed by atoms with Crippen molar-refractivity contribution in [1.29, 1.82) is 0 Å². The summed E-state index contributed by atoms with van der Waals surface area (Å²) in [5.74, 6) is -2.71. The second-order valence-electron chi connectivity index (χ2n) is 4.35. The van der Waals surface area contributed by atoms with E-state index < -0.39 is 17.7 Å². The Bertz CT molecular complexity index is 683. The number of nitrogens with one attached hydrogen (secondary N) is 1. The van der Waals surface area contributed by atoms with E-state index in [0.29, 0.717) is 5.56 Å². The molecule has 1 amide bonds. The van der Waals surface area contributed by atoms with Crippen molar-refractivity contribution in [3.05, 3.63) is 65.0 Å². The van der Waals surface area contributed by atoms with Crippen LogP contribution in [-0.2, 0) is 6.54 Å². The summed E-state index contributed by atoms with van der Waals surface area (Å²) in [5.41, 5.74) is 0.664. The number of benzene rings is 2. The lowest BCUT2D eigenvalue weighted by atomic mass is 10.1. The minimum absolute atomic E-state index is 0.138. The van der Waals surface area contributed by atoms with Crippen LogP contribution in [0.15, 0.2) is 42.5 Å². The van der Waals surface area contributed by atoms with Crippen molar-refractivity contribution in [3.8, 4) is 5.75 Å². The van der Waals surface area contributed by atoms with E-state index >= 15 is 0 Å². The van der Waals surface area contributed by atoms with Gasteiger partial charge in [-0.05, 0) is 29.8 Å². The van der Waals surface area contributed by atoms with Crippen molar-refractivity contribution in [2.75, 3.05) is 0 Å². The summed E-state index contributed by atoms with van der Waals surface area (Å²) in [7, 11) is 0. The SMILES string of the molecule is O=C(O)c1ccc(CNC(=O)c2ccc(O)cc2F)cc1. The van der Waals surface area contributed by atoms with Crippen LogP contribution in [0.3, 0.4) is 0 Å². The highest BCUT2D eigenvalue weighted by atomic mass is 19.1. The molecule has 0 radical (unpaired) electrons. The molecule has 0 saturated carbocycles. The zero-order chi connectivity index (χ0) is 15.4. The number of hydrogen-bond donors (Lipinski definition) is 3. The Morgan fingerprint density at radius 3 is 2.33 bits per heavy atom. The average molecular weight is 289 g/mol. The quantitative estimate of drug-likeness (QED) is 0.805. The van der Waals surface area contributed by atoms with E-state index in [9.17, 15) is 14.0 Å². The molecule has 2 aromatic rings. The van der Waals surface area contributed by atoms with E-state index in [2.05, 4.69) is 5.32 Å². The molecule has 0 unspecified atom stereocenters. The normalized spacial score (nSPS) is 10.1. The van der Waals surface area contributed by atoms with Crippen molar-refractivity contribution in [3.63, 3.8) is 0 Å². The van der Waals surface area contributed by atoms with E-state index in [-0.39, 0.29) is 23.4 Å². The molecule has 3 N–H and O–H groups in total. The van der Waals surface area contributed by atoms with Gasteiger partial charge in [0.15, 0.2) is 0 Å². The fourth-order valence-electron chi connectivity index (χ4n) is 1.73. The zero-order valence-corrected chi connectivity index (χ0v) is 10.8. The van der Waals surface area contributed by atoms with Gasteiger partial charge in [-0.2, -0.15) is 0 Å². The first-order valence-corrected chi connectivity index (χ1v) is 6.06. The lowest BCUT2D eigenvalue weighted by molar-refractivity contribution is 0.0696. The zero-order valence-electron chi connectivity index (χ0n) is 10.8. The second kappa shape index (κ2) is 6.04. The second-order valence-corrected chi connectivity index (χ2v) is 4.35. The third-order valence-corrected chi connectivity index (χ3v) is 2.85. The van der Waals surface area contributed by atoms with E-state index in [1.165, 1.54) is 24.3 Å². The number of aromatic carboxylic acids is 1. The van der Waals surface area contributed by atoms with Crippen molar-refractivity contribution in [1.82, 2.24) is 5.32 Å². The van der Waals surface area contributed by atoms with E-state index in [1.807, 2.05) is 0 Å². The number of halogens is 1. The molecule has 0 fully saturated rings. The van der Waals surface area contributed by atoms with E-state index in [0.717, 1.165) is 6.07 Å². The van der Waals surface area contributed by atoms with E-state index in [1.54, 1.807) is 12.1 Å². The first kappa shape index (κ1) is 14.5. The maximum Gasteiger partial charge on any atom is 0.335 e. The number of amides is 1. The molecule has 0 aliphatic carbocycles. The Morgan fingerprint density at radius 2 is 1.76 bits per heavy atom. The van der Waals surface area contributed by atoms with Gasteiger partial charge in [0.05, 0.1) is 11.1 Å². The molecule has 2 rings (SSSR count). The monoisotopic (exact) mass is 289 g/mol. The topological polar surface area (TPSA) is 86.6 Å². The first-order valence-electron chi connectivity index (χ1n) is 6.06. The van der Waals surface area contributed by atoms with Gasteiger partial charge in [-0.25, -0.2) is 9.18 Å². The number of phenolic OH excluding ortho intramolecular Hbond substituents is 1. The average Bonchev–Trinajstić information content (AvgIpc) is 2.45. The Morgan fingerprint density at radius 1 is 1.10 bits per heavy atom. The summed E-state index contributed by atoms with van der Waals surface area (Å²) in [6, 6.07) is 9.24. The highest BCUT2D eigenvalue weighted by Gasteiger charge is 2.12. The summed E-state index contributed by atoms with van der Waals surface area (Å²) in [4.78, 5) is 22.5. The maximum absolute atomic E-state index is 13.5. The fourth-order valence-corrected chi connectivity index (χ4v) is 1.73. The molecule has 5 nitrogen and oxygen atoms in total. The van der Waals surface area contributed by atoms with Crippen LogP contribution in [0.2, 0.25) is 0 Å². The van der Waals surface area contributed by atoms with Crippen LogP contribution in [0, 0.1) is 5.82 Å². The molecule has 0 saturated heterocycles.